The number of nitrogens with zero attached hydrogens (tertiary/aromatic N) is 3. The summed E-state index contributed by atoms with van der Waals surface area (Å²) in [5, 5.41) is 0. The van der Waals surface area contributed by atoms with Crippen molar-refractivity contribution in [2.24, 2.45) is 0 Å². The Morgan fingerprint density at radius 3 is 3.00 bits per heavy atom. The fourth-order valence-electron chi connectivity index (χ4n) is 2.71. The Morgan fingerprint density at radius 1 is 1.36 bits per heavy atom. The largest absolute Gasteiger partial charge is 0.376 e. The third-order valence-electron chi connectivity index (χ3n) is 3.99. The molecule has 7 heteroatoms. The number of nitrogens with one attached hydrogen (secondary N) is 2. The number of hydrogen-bond donors (Lipinski definition) is 2. The second kappa shape index (κ2) is 6.85. The van der Waals surface area contributed by atoms with Crippen molar-refractivity contribution in [1.29, 1.82) is 0 Å². The van der Waals surface area contributed by atoms with Crippen LogP contribution in [0.2, 0.25) is 0 Å². The van der Waals surface area contributed by atoms with Crippen LogP contribution in [0.5, 0.6) is 0 Å². The number of aromatic nitrogens is 4. The maximum Gasteiger partial charge on any atom is 0.250 e. The second-order valence-corrected chi connectivity index (χ2v) is 5.64. The molecule has 0 spiro atoms. The monoisotopic (exact) mass is 303 g/mol. The van der Waals surface area contributed by atoms with Gasteiger partial charge in [0.05, 0.1) is 31.1 Å². The molecule has 2 N–H and O–H groups in total. The van der Waals surface area contributed by atoms with Crippen LogP contribution in [0.4, 0.5) is 0 Å². The van der Waals surface area contributed by atoms with Crippen LogP contribution in [-0.4, -0.2) is 50.6 Å². The van der Waals surface area contributed by atoms with E-state index in [1.807, 2.05) is 6.92 Å². The Balaban J connectivity index is 1.52. The molecule has 0 radical (unpaired) electrons. The molecule has 0 unspecified atom stereocenters. The van der Waals surface area contributed by atoms with Crippen molar-refractivity contribution in [2.45, 2.75) is 32.4 Å². The first kappa shape index (κ1) is 14.9. The molecule has 1 atom stereocenters. The van der Waals surface area contributed by atoms with Gasteiger partial charge >= 0.3 is 0 Å². The van der Waals surface area contributed by atoms with Crippen LogP contribution in [0.1, 0.15) is 23.5 Å². The van der Waals surface area contributed by atoms with Gasteiger partial charge in [-0.3, -0.25) is 9.69 Å². The van der Waals surface area contributed by atoms with Gasteiger partial charge in [0.25, 0.3) is 5.56 Å². The van der Waals surface area contributed by atoms with E-state index in [0.717, 1.165) is 56.2 Å². The smallest absolute Gasteiger partial charge is 0.250 e. The number of rotatable bonds is 5. The quantitative estimate of drug-likeness (QED) is 0.846. The van der Waals surface area contributed by atoms with E-state index in [4.69, 9.17) is 4.74 Å². The van der Waals surface area contributed by atoms with Gasteiger partial charge in [-0.05, 0) is 19.8 Å². The highest BCUT2D eigenvalue weighted by Crippen LogP contribution is 2.14. The normalized spacial score (nSPS) is 19.4. The molecule has 22 heavy (non-hydrogen) atoms. The highest BCUT2D eigenvalue weighted by molar-refractivity contribution is 5.08. The van der Waals surface area contributed by atoms with Crippen molar-refractivity contribution in [2.75, 3.05) is 19.7 Å². The zero-order chi connectivity index (χ0) is 15.4. The molecule has 7 nitrogen and oxygen atoms in total. The Kier molecular flexibility index (Phi) is 4.65. The van der Waals surface area contributed by atoms with Gasteiger partial charge in [-0.15, -0.1) is 0 Å². The number of aryl methyl sites for hydroxylation is 2. The summed E-state index contributed by atoms with van der Waals surface area (Å²) in [6, 6.07) is 1.55. The van der Waals surface area contributed by atoms with E-state index in [1.54, 1.807) is 12.4 Å². The van der Waals surface area contributed by atoms with Crippen molar-refractivity contribution in [3.63, 3.8) is 0 Å². The summed E-state index contributed by atoms with van der Waals surface area (Å²) in [7, 11) is 0. The Hall–Kier alpha value is -1.99. The lowest BCUT2D eigenvalue weighted by Crippen LogP contribution is -2.42. The van der Waals surface area contributed by atoms with E-state index in [2.05, 4.69) is 24.8 Å². The number of morpholine rings is 1. The van der Waals surface area contributed by atoms with Gasteiger partial charge in [0.15, 0.2) is 0 Å². The first-order chi connectivity index (χ1) is 10.7. The van der Waals surface area contributed by atoms with Crippen LogP contribution in [0.25, 0.3) is 0 Å². The molecule has 1 saturated heterocycles. The van der Waals surface area contributed by atoms with E-state index >= 15 is 0 Å². The number of H-pyrrole nitrogens is 2. The van der Waals surface area contributed by atoms with Crippen molar-refractivity contribution < 1.29 is 4.74 Å². The molecule has 1 fully saturated rings. The molecule has 2 aromatic heterocycles. The van der Waals surface area contributed by atoms with Gasteiger partial charge in [0, 0.05) is 37.1 Å². The number of ether oxygens (including phenoxy) is 1. The first-order valence-electron chi connectivity index (χ1n) is 7.57. The molecule has 3 heterocycles. The van der Waals surface area contributed by atoms with E-state index in [1.165, 1.54) is 6.33 Å². The fraction of sp³-hybridized carbons (Fsp3) is 0.533. The molecule has 3 rings (SSSR count). The molecule has 2 aromatic rings. The minimum absolute atomic E-state index is 0.106. The van der Waals surface area contributed by atoms with Crippen LogP contribution in [0.3, 0.4) is 0 Å². The lowest BCUT2D eigenvalue weighted by atomic mass is 10.1. The van der Waals surface area contributed by atoms with Gasteiger partial charge < -0.3 is 14.7 Å². The third kappa shape index (κ3) is 3.80. The highest BCUT2D eigenvalue weighted by Gasteiger charge is 2.21. The van der Waals surface area contributed by atoms with E-state index in [-0.39, 0.29) is 11.7 Å². The summed E-state index contributed by atoms with van der Waals surface area (Å²) in [6.07, 6.45) is 4.98. The number of imidazole rings is 1. The topological polar surface area (TPSA) is 86.9 Å². The minimum Gasteiger partial charge on any atom is -0.376 e. The van der Waals surface area contributed by atoms with E-state index in [0.29, 0.717) is 0 Å². The van der Waals surface area contributed by atoms with Gasteiger partial charge in [-0.1, -0.05) is 0 Å². The second-order valence-electron chi connectivity index (χ2n) is 5.64. The van der Waals surface area contributed by atoms with Crippen LogP contribution >= 0.6 is 0 Å². The van der Waals surface area contributed by atoms with Gasteiger partial charge in [-0.25, -0.2) is 9.97 Å². The average molecular weight is 303 g/mol. The van der Waals surface area contributed by atoms with E-state index in [9.17, 15) is 4.79 Å². The standard InChI is InChI=1S/C15H21N5O2/c1-11-14(18-9-16-11)8-20-4-5-22-13(7-20)3-2-12-6-15(21)19-10-17-12/h6,9-10,13H,2-5,7-8H2,1H3,(H,16,18)(H,17,19,21)/t13-/m0/s1. The fourth-order valence-corrected chi connectivity index (χ4v) is 2.71. The van der Waals surface area contributed by atoms with Gasteiger partial charge in [0.2, 0.25) is 0 Å². The third-order valence-corrected chi connectivity index (χ3v) is 3.99. The molecule has 0 saturated carbocycles. The summed E-state index contributed by atoms with van der Waals surface area (Å²) in [4.78, 5) is 27.8. The maximum absolute atomic E-state index is 11.3. The van der Waals surface area contributed by atoms with Crippen molar-refractivity contribution in [3.8, 4) is 0 Å². The minimum atomic E-state index is -0.106. The number of hydrogen-bond acceptors (Lipinski definition) is 5. The lowest BCUT2D eigenvalue weighted by Gasteiger charge is -2.32. The Morgan fingerprint density at radius 2 is 2.23 bits per heavy atom. The first-order valence-corrected chi connectivity index (χ1v) is 7.57. The predicted octanol–water partition coefficient (Wildman–Crippen LogP) is 0.635. The molecule has 0 bridgehead atoms. The Labute approximate surface area is 128 Å². The lowest BCUT2D eigenvalue weighted by molar-refractivity contribution is -0.0350. The molecule has 0 amide bonds. The van der Waals surface area contributed by atoms with Crippen molar-refractivity contribution >= 4 is 0 Å². The van der Waals surface area contributed by atoms with Crippen LogP contribution in [0.15, 0.2) is 23.5 Å². The van der Waals surface area contributed by atoms with Gasteiger partial charge in [0.1, 0.15) is 0 Å². The zero-order valence-electron chi connectivity index (χ0n) is 12.7. The molecule has 0 aliphatic carbocycles. The molecule has 1 aliphatic heterocycles. The van der Waals surface area contributed by atoms with Crippen molar-refractivity contribution in [3.05, 3.63) is 46.2 Å². The Bertz CT molecular complexity index is 666. The summed E-state index contributed by atoms with van der Waals surface area (Å²) >= 11 is 0. The van der Waals surface area contributed by atoms with Crippen LogP contribution in [0, 0.1) is 6.92 Å². The summed E-state index contributed by atoms with van der Waals surface area (Å²) in [5.41, 5.74) is 2.92. The molecular formula is C15H21N5O2. The van der Waals surface area contributed by atoms with Gasteiger partial charge in [-0.2, -0.15) is 0 Å². The maximum atomic E-state index is 11.3. The molecular weight excluding hydrogens is 282 g/mol. The SMILES string of the molecule is Cc1[nH]cnc1CN1CCO[C@@H](CCc2cc(=O)[nH]cn2)C1. The summed E-state index contributed by atoms with van der Waals surface area (Å²) in [5.74, 6) is 0. The molecule has 0 aromatic carbocycles. The zero-order valence-corrected chi connectivity index (χ0v) is 12.7. The summed E-state index contributed by atoms with van der Waals surface area (Å²) in [6.45, 7) is 5.43. The summed E-state index contributed by atoms with van der Waals surface area (Å²) < 4.78 is 5.83. The van der Waals surface area contributed by atoms with E-state index < -0.39 is 0 Å². The van der Waals surface area contributed by atoms with Crippen LogP contribution in [-0.2, 0) is 17.7 Å². The van der Waals surface area contributed by atoms with Crippen LogP contribution < -0.4 is 5.56 Å². The predicted molar refractivity (Wildman–Crippen MR) is 81.5 cm³/mol. The molecule has 118 valence electrons. The van der Waals surface area contributed by atoms with Crippen molar-refractivity contribution in [1.82, 2.24) is 24.8 Å². The average Bonchev–Trinajstić information content (AvgIpc) is 2.91. The highest BCUT2D eigenvalue weighted by atomic mass is 16.5. The number of aromatic amines is 2. The molecule has 1 aliphatic rings.